The lowest BCUT2D eigenvalue weighted by atomic mass is 10.1. The lowest BCUT2D eigenvalue weighted by molar-refractivity contribution is 0.309. The van der Waals surface area contributed by atoms with Crippen molar-refractivity contribution in [3.05, 3.63) is 36.4 Å². The molecule has 2 rings (SSSR count). The zero-order valence-corrected chi connectivity index (χ0v) is 12.7. The summed E-state index contributed by atoms with van der Waals surface area (Å²) >= 11 is 5.68. The molecule has 108 valence electrons. The third-order valence-corrected chi connectivity index (χ3v) is 3.40. The Hall–Kier alpha value is -1.41. The number of hydrogen-bond donors (Lipinski definition) is 0. The molecule has 20 heavy (non-hydrogen) atoms. The molecule has 2 nitrogen and oxygen atoms in total. The number of halogens is 1. The molecule has 0 spiro atoms. The first-order chi connectivity index (χ1) is 9.86. The number of fused-ring (bicyclic) bond motifs is 1. The maximum Gasteiger partial charge on any atom is 0.127 e. The van der Waals surface area contributed by atoms with Gasteiger partial charge in [0.25, 0.3) is 0 Å². The number of unbranched alkanes of at least 4 members (excludes halogenated alkanes) is 1. The van der Waals surface area contributed by atoms with Gasteiger partial charge < -0.3 is 9.47 Å². The number of ether oxygens (including phenoxy) is 2. The van der Waals surface area contributed by atoms with Crippen LogP contribution in [0, 0.1) is 0 Å². The molecule has 0 aliphatic rings. The molecule has 0 saturated heterocycles. The standard InChI is InChI=1S/C17H21ClO2/c1-2-3-12-19-16-9-10-17(20-13-6-11-18)15-8-5-4-7-14(15)16/h4-5,7-10H,2-3,6,11-13H2,1H3. The predicted molar refractivity (Wildman–Crippen MR) is 85.2 cm³/mol. The van der Waals surface area contributed by atoms with Crippen molar-refractivity contribution >= 4 is 22.4 Å². The van der Waals surface area contributed by atoms with E-state index < -0.39 is 0 Å². The van der Waals surface area contributed by atoms with Gasteiger partial charge in [0, 0.05) is 16.7 Å². The van der Waals surface area contributed by atoms with Crippen LogP contribution in [0.25, 0.3) is 10.8 Å². The Balaban J connectivity index is 2.22. The van der Waals surface area contributed by atoms with Gasteiger partial charge in [-0.25, -0.2) is 0 Å². The molecule has 0 aliphatic heterocycles. The summed E-state index contributed by atoms with van der Waals surface area (Å²) in [6.45, 7) is 3.56. The monoisotopic (exact) mass is 292 g/mol. The third-order valence-electron chi connectivity index (χ3n) is 3.14. The second kappa shape index (κ2) is 8.01. The van der Waals surface area contributed by atoms with Crippen LogP contribution in [0.3, 0.4) is 0 Å². The largest absolute Gasteiger partial charge is 0.493 e. The SMILES string of the molecule is CCCCOc1ccc(OCCCCl)c2ccccc12. The summed E-state index contributed by atoms with van der Waals surface area (Å²) in [6, 6.07) is 12.2. The molecule has 0 radical (unpaired) electrons. The summed E-state index contributed by atoms with van der Waals surface area (Å²) in [6.07, 6.45) is 3.06. The van der Waals surface area contributed by atoms with Crippen molar-refractivity contribution in [1.29, 1.82) is 0 Å². The average molecular weight is 293 g/mol. The van der Waals surface area contributed by atoms with E-state index in [2.05, 4.69) is 19.1 Å². The van der Waals surface area contributed by atoms with Crippen LogP contribution in [0.2, 0.25) is 0 Å². The van der Waals surface area contributed by atoms with Crippen molar-refractivity contribution in [2.45, 2.75) is 26.2 Å². The molecular formula is C17H21ClO2. The smallest absolute Gasteiger partial charge is 0.127 e. The van der Waals surface area contributed by atoms with Crippen LogP contribution < -0.4 is 9.47 Å². The summed E-state index contributed by atoms with van der Waals surface area (Å²) < 4.78 is 11.7. The Morgan fingerprint density at radius 3 is 1.90 bits per heavy atom. The fraction of sp³-hybridized carbons (Fsp3) is 0.412. The summed E-state index contributed by atoms with van der Waals surface area (Å²) in [5.41, 5.74) is 0. The van der Waals surface area contributed by atoms with Gasteiger partial charge in [-0.05, 0) is 25.0 Å². The molecule has 0 atom stereocenters. The van der Waals surface area contributed by atoms with Gasteiger partial charge in [0.1, 0.15) is 11.5 Å². The molecule has 0 amide bonds. The molecule has 0 aromatic heterocycles. The minimum atomic E-state index is 0.621. The molecular weight excluding hydrogens is 272 g/mol. The highest BCUT2D eigenvalue weighted by molar-refractivity contribution is 6.17. The summed E-state index contributed by atoms with van der Waals surface area (Å²) in [5, 5.41) is 2.20. The Morgan fingerprint density at radius 1 is 0.850 bits per heavy atom. The van der Waals surface area contributed by atoms with Gasteiger partial charge in [-0.15, -0.1) is 11.6 Å². The topological polar surface area (TPSA) is 18.5 Å². The first kappa shape index (κ1) is 15.0. The highest BCUT2D eigenvalue weighted by atomic mass is 35.5. The Morgan fingerprint density at radius 2 is 1.40 bits per heavy atom. The number of alkyl halides is 1. The van der Waals surface area contributed by atoms with Gasteiger partial charge in [0.2, 0.25) is 0 Å². The van der Waals surface area contributed by atoms with Crippen LogP contribution in [0.15, 0.2) is 36.4 Å². The second-order valence-electron chi connectivity index (χ2n) is 4.70. The number of hydrogen-bond acceptors (Lipinski definition) is 2. The van der Waals surface area contributed by atoms with Crippen molar-refractivity contribution in [3.63, 3.8) is 0 Å². The highest BCUT2D eigenvalue weighted by Gasteiger charge is 2.07. The van der Waals surface area contributed by atoms with Gasteiger partial charge >= 0.3 is 0 Å². The van der Waals surface area contributed by atoms with E-state index in [1.54, 1.807) is 0 Å². The third kappa shape index (κ3) is 3.80. The van der Waals surface area contributed by atoms with Crippen molar-refractivity contribution in [2.24, 2.45) is 0 Å². The summed E-state index contributed by atoms with van der Waals surface area (Å²) in [5.74, 6) is 2.45. The molecule has 0 bridgehead atoms. The van der Waals surface area contributed by atoms with Crippen LogP contribution in [-0.2, 0) is 0 Å². The quantitative estimate of drug-likeness (QED) is 0.502. The van der Waals surface area contributed by atoms with E-state index in [9.17, 15) is 0 Å². The van der Waals surface area contributed by atoms with Crippen LogP contribution >= 0.6 is 11.6 Å². The fourth-order valence-corrected chi connectivity index (χ4v) is 2.17. The van der Waals surface area contributed by atoms with E-state index in [-0.39, 0.29) is 0 Å². The predicted octanol–water partition coefficient (Wildman–Crippen LogP) is 5.03. The van der Waals surface area contributed by atoms with Crippen molar-refractivity contribution in [1.82, 2.24) is 0 Å². The van der Waals surface area contributed by atoms with E-state index >= 15 is 0 Å². The first-order valence-electron chi connectivity index (χ1n) is 7.20. The van der Waals surface area contributed by atoms with E-state index in [1.165, 1.54) is 0 Å². The molecule has 0 aliphatic carbocycles. The van der Waals surface area contributed by atoms with Gasteiger partial charge in [-0.3, -0.25) is 0 Å². The minimum absolute atomic E-state index is 0.621. The average Bonchev–Trinajstić information content (AvgIpc) is 2.49. The molecule has 0 fully saturated rings. The zero-order valence-electron chi connectivity index (χ0n) is 11.9. The van der Waals surface area contributed by atoms with Crippen LogP contribution in [0.1, 0.15) is 26.2 Å². The van der Waals surface area contributed by atoms with Gasteiger partial charge in [-0.2, -0.15) is 0 Å². The first-order valence-corrected chi connectivity index (χ1v) is 7.73. The molecule has 0 heterocycles. The lowest BCUT2D eigenvalue weighted by Crippen LogP contribution is -2.00. The summed E-state index contributed by atoms with van der Waals surface area (Å²) in [4.78, 5) is 0. The molecule has 0 saturated carbocycles. The van der Waals surface area contributed by atoms with Crippen LogP contribution in [0.4, 0.5) is 0 Å². The van der Waals surface area contributed by atoms with Crippen molar-refractivity contribution in [3.8, 4) is 11.5 Å². The van der Waals surface area contributed by atoms with Crippen molar-refractivity contribution < 1.29 is 9.47 Å². The molecule has 3 heteroatoms. The van der Waals surface area contributed by atoms with E-state index in [0.29, 0.717) is 12.5 Å². The number of rotatable bonds is 8. The van der Waals surface area contributed by atoms with Crippen LogP contribution in [0.5, 0.6) is 11.5 Å². The zero-order chi connectivity index (χ0) is 14.2. The van der Waals surface area contributed by atoms with Crippen molar-refractivity contribution in [2.75, 3.05) is 19.1 Å². The minimum Gasteiger partial charge on any atom is -0.493 e. The molecule has 2 aromatic rings. The number of benzene rings is 2. The Kier molecular flexibility index (Phi) is 6.00. The Bertz CT molecular complexity index is 491. The van der Waals surface area contributed by atoms with E-state index in [4.69, 9.17) is 21.1 Å². The van der Waals surface area contributed by atoms with Gasteiger partial charge in [0.05, 0.1) is 13.2 Å². The fourth-order valence-electron chi connectivity index (χ4n) is 2.06. The second-order valence-corrected chi connectivity index (χ2v) is 5.08. The molecule has 0 N–H and O–H groups in total. The molecule has 2 aromatic carbocycles. The Labute approximate surface area is 125 Å². The molecule has 0 unspecified atom stereocenters. The normalized spacial score (nSPS) is 10.7. The van der Waals surface area contributed by atoms with Crippen LogP contribution in [-0.4, -0.2) is 19.1 Å². The highest BCUT2D eigenvalue weighted by Crippen LogP contribution is 2.33. The van der Waals surface area contributed by atoms with E-state index in [0.717, 1.165) is 48.1 Å². The maximum absolute atomic E-state index is 5.86. The summed E-state index contributed by atoms with van der Waals surface area (Å²) in [7, 11) is 0. The lowest BCUT2D eigenvalue weighted by Gasteiger charge is -2.13. The maximum atomic E-state index is 5.86. The van der Waals surface area contributed by atoms with E-state index in [1.807, 2.05) is 24.3 Å². The van der Waals surface area contributed by atoms with Gasteiger partial charge in [-0.1, -0.05) is 37.6 Å². The van der Waals surface area contributed by atoms with Gasteiger partial charge in [0.15, 0.2) is 0 Å².